The maximum absolute atomic E-state index is 13.4. The standard InChI is InChI=1S/C12H17F2NO/c1-4-12(3,16)7-15-11-6-9(13)8(2)5-10(11)14/h5-6,15-16H,4,7H2,1-3H3. The van der Waals surface area contributed by atoms with Gasteiger partial charge in [-0.2, -0.15) is 0 Å². The molecule has 2 nitrogen and oxygen atoms in total. The summed E-state index contributed by atoms with van der Waals surface area (Å²) < 4.78 is 26.6. The summed E-state index contributed by atoms with van der Waals surface area (Å²) in [5, 5.41) is 12.4. The lowest BCUT2D eigenvalue weighted by atomic mass is 10.0. The minimum absolute atomic E-state index is 0.0804. The highest BCUT2D eigenvalue weighted by Gasteiger charge is 2.18. The van der Waals surface area contributed by atoms with E-state index >= 15 is 0 Å². The van der Waals surface area contributed by atoms with Gasteiger partial charge >= 0.3 is 0 Å². The van der Waals surface area contributed by atoms with Crippen molar-refractivity contribution in [3.05, 3.63) is 29.3 Å². The van der Waals surface area contributed by atoms with Gasteiger partial charge in [-0.15, -0.1) is 0 Å². The van der Waals surface area contributed by atoms with E-state index in [0.717, 1.165) is 12.1 Å². The predicted octanol–water partition coefficient (Wildman–Crippen LogP) is 2.85. The van der Waals surface area contributed by atoms with Gasteiger partial charge in [-0.05, 0) is 31.9 Å². The van der Waals surface area contributed by atoms with Gasteiger partial charge in [0.15, 0.2) is 0 Å². The largest absolute Gasteiger partial charge is 0.388 e. The molecule has 0 aliphatic carbocycles. The number of hydrogen-bond acceptors (Lipinski definition) is 2. The second kappa shape index (κ2) is 4.78. The van der Waals surface area contributed by atoms with Gasteiger partial charge in [0.2, 0.25) is 0 Å². The topological polar surface area (TPSA) is 32.3 Å². The van der Waals surface area contributed by atoms with Crippen LogP contribution in [0.4, 0.5) is 14.5 Å². The minimum Gasteiger partial charge on any atom is -0.388 e. The maximum atomic E-state index is 13.4. The molecule has 0 saturated carbocycles. The number of anilines is 1. The molecule has 0 aliphatic heterocycles. The predicted molar refractivity (Wildman–Crippen MR) is 60.5 cm³/mol. The zero-order valence-corrected chi connectivity index (χ0v) is 9.77. The Hall–Kier alpha value is -1.16. The number of halogens is 2. The molecule has 0 aromatic heterocycles. The quantitative estimate of drug-likeness (QED) is 0.832. The number of nitrogens with one attached hydrogen (secondary N) is 1. The van der Waals surface area contributed by atoms with Crippen LogP contribution >= 0.6 is 0 Å². The molecule has 0 radical (unpaired) electrons. The smallest absolute Gasteiger partial charge is 0.146 e. The van der Waals surface area contributed by atoms with Crippen LogP contribution < -0.4 is 5.32 Å². The van der Waals surface area contributed by atoms with E-state index in [9.17, 15) is 13.9 Å². The summed E-state index contributed by atoms with van der Waals surface area (Å²) in [5.74, 6) is -0.967. The fourth-order valence-corrected chi connectivity index (χ4v) is 1.19. The third-order valence-corrected chi connectivity index (χ3v) is 2.67. The fourth-order valence-electron chi connectivity index (χ4n) is 1.19. The number of hydrogen-bond donors (Lipinski definition) is 2. The lowest BCUT2D eigenvalue weighted by Gasteiger charge is -2.22. The monoisotopic (exact) mass is 229 g/mol. The van der Waals surface area contributed by atoms with Crippen LogP contribution in [-0.4, -0.2) is 17.3 Å². The molecule has 0 spiro atoms. The molecule has 1 aromatic carbocycles. The highest BCUT2D eigenvalue weighted by Crippen LogP contribution is 2.20. The maximum Gasteiger partial charge on any atom is 0.146 e. The van der Waals surface area contributed by atoms with Crippen molar-refractivity contribution in [2.75, 3.05) is 11.9 Å². The van der Waals surface area contributed by atoms with Crippen molar-refractivity contribution in [3.63, 3.8) is 0 Å². The number of rotatable bonds is 4. The lowest BCUT2D eigenvalue weighted by molar-refractivity contribution is 0.0697. The highest BCUT2D eigenvalue weighted by molar-refractivity contribution is 5.47. The molecule has 0 amide bonds. The summed E-state index contributed by atoms with van der Waals surface area (Å²) in [6.45, 7) is 5.16. The summed E-state index contributed by atoms with van der Waals surface area (Å²) in [6.07, 6.45) is 0.538. The van der Waals surface area contributed by atoms with Crippen LogP contribution in [0.3, 0.4) is 0 Å². The van der Waals surface area contributed by atoms with E-state index in [2.05, 4.69) is 5.32 Å². The third kappa shape index (κ3) is 3.17. The van der Waals surface area contributed by atoms with Gasteiger partial charge in [0, 0.05) is 12.6 Å². The van der Waals surface area contributed by atoms with Gasteiger partial charge in [-0.1, -0.05) is 6.92 Å². The van der Waals surface area contributed by atoms with Crippen molar-refractivity contribution >= 4 is 5.69 Å². The van der Waals surface area contributed by atoms with Gasteiger partial charge < -0.3 is 10.4 Å². The average molecular weight is 229 g/mol. The first kappa shape index (κ1) is 12.9. The Bertz CT molecular complexity index is 378. The molecule has 16 heavy (non-hydrogen) atoms. The van der Waals surface area contributed by atoms with Gasteiger partial charge in [0.25, 0.3) is 0 Å². The SMILES string of the molecule is CCC(C)(O)CNc1cc(F)c(C)cc1F. The molecule has 4 heteroatoms. The van der Waals surface area contributed by atoms with Gasteiger partial charge in [0.1, 0.15) is 11.6 Å². The number of benzene rings is 1. The first-order chi connectivity index (χ1) is 7.35. The first-order valence-corrected chi connectivity index (χ1v) is 5.27. The molecule has 0 aliphatic rings. The molecule has 0 fully saturated rings. The van der Waals surface area contributed by atoms with Crippen molar-refractivity contribution in [1.82, 2.24) is 0 Å². The molecular formula is C12H17F2NO. The van der Waals surface area contributed by atoms with Crippen LogP contribution in [0.5, 0.6) is 0 Å². The van der Waals surface area contributed by atoms with Crippen LogP contribution in [-0.2, 0) is 0 Å². The molecule has 90 valence electrons. The Morgan fingerprint density at radius 1 is 1.31 bits per heavy atom. The van der Waals surface area contributed by atoms with E-state index in [1.807, 2.05) is 6.92 Å². The Labute approximate surface area is 94.3 Å². The van der Waals surface area contributed by atoms with Crippen LogP contribution in [0.25, 0.3) is 0 Å². The van der Waals surface area contributed by atoms with Gasteiger partial charge in [-0.25, -0.2) is 8.78 Å². The van der Waals surface area contributed by atoms with E-state index in [0.29, 0.717) is 6.42 Å². The van der Waals surface area contributed by atoms with E-state index in [4.69, 9.17) is 0 Å². The van der Waals surface area contributed by atoms with Crippen LogP contribution in [0.2, 0.25) is 0 Å². The molecule has 1 aromatic rings. The molecule has 1 unspecified atom stereocenters. The van der Waals surface area contributed by atoms with E-state index < -0.39 is 17.2 Å². The first-order valence-electron chi connectivity index (χ1n) is 5.27. The average Bonchev–Trinajstić information content (AvgIpc) is 2.22. The second-order valence-electron chi connectivity index (χ2n) is 4.29. The summed E-state index contributed by atoms with van der Waals surface area (Å²) in [4.78, 5) is 0. The molecule has 0 bridgehead atoms. The highest BCUT2D eigenvalue weighted by atomic mass is 19.1. The van der Waals surface area contributed by atoms with Crippen LogP contribution in [0, 0.1) is 18.6 Å². The molecule has 1 rings (SSSR count). The second-order valence-corrected chi connectivity index (χ2v) is 4.29. The molecule has 0 heterocycles. The zero-order chi connectivity index (χ0) is 12.3. The van der Waals surface area contributed by atoms with Crippen molar-refractivity contribution in [1.29, 1.82) is 0 Å². The van der Waals surface area contributed by atoms with Gasteiger partial charge in [-0.3, -0.25) is 0 Å². The molecule has 1 atom stereocenters. The van der Waals surface area contributed by atoms with Crippen LogP contribution in [0.15, 0.2) is 12.1 Å². The van der Waals surface area contributed by atoms with Crippen molar-refractivity contribution in [2.24, 2.45) is 0 Å². The third-order valence-electron chi connectivity index (χ3n) is 2.67. The van der Waals surface area contributed by atoms with E-state index in [1.54, 1.807) is 6.92 Å². The van der Waals surface area contributed by atoms with Crippen LogP contribution in [0.1, 0.15) is 25.8 Å². The fraction of sp³-hybridized carbons (Fsp3) is 0.500. The molecule has 0 saturated heterocycles. The number of aryl methyl sites for hydroxylation is 1. The molecular weight excluding hydrogens is 212 g/mol. The Kier molecular flexibility index (Phi) is 3.86. The summed E-state index contributed by atoms with van der Waals surface area (Å²) in [5.41, 5.74) is -0.574. The zero-order valence-electron chi connectivity index (χ0n) is 9.77. The normalized spacial score (nSPS) is 14.6. The summed E-state index contributed by atoms with van der Waals surface area (Å²) >= 11 is 0. The van der Waals surface area contributed by atoms with Crippen molar-refractivity contribution in [2.45, 2.75) is 32.8 Å². The summed E-state index contributed by atoms with van der Waals surface area (Å²) in [6, 6.07) is 2.24. The lowest BCUT2D eigenvalue weighted by Crippen LogP contribution is -2.32. The Morgan fingerprint density at radius 3 is 2.50 bits per heavy atom. The number of aliphatic hydroxyl groups is 1. The summed E-state index contributed by atoms with van der Waals surface area (Å²) in [7, 11) is 0. The van der Waals surface area contributed by atoms with E-state index in [-0.39, 0.29) is 17.8 Å². The van der Waals surface area contributed by atoms with Gasteiger partial charge in [0.05, 0.1) is 11.3 Å². The molecule has 2 N–H and O–H groups in total. The van der Waals surface area contributed by atoms with E-state index in [1.165, 1.54) is 6.92 Å². The minimum atomic E-state index is -0.923. The van der Waals surface area contributed by atoms with Crippen molar-refractivity contribution < 1.29 is 13.9 Å². The Balaban J connectivity index is 2.79. The Morgan fingerprint density at radius 2 is 1.94 bits per heavy atom. The van der Waals surface area contributed by atoms with Crippen molar-refractivity contribution in [3.8, 4) is 0 Å².